The Balaban J connectivity index is 1.92. The summed E-state index contributed by atoms with van der Waals surface area (Å²) in [5.74, 6) is -1.81. The van der Waals surface area contributed by atoms with Crippen LogP contribution in [0, 0.1) is 17.8 Å². The van der Waals surface area contributed by atoms with Gasteiger partial charge in [0, 0.05) is 18.9 Å². The molecule has 1 saturated heterocycles. The van der Waals surface area contributed by atoms with Crippen LogP contribution in [0.15, 0.2) is 12.2 Å². The van der Waals surface area contributed by atoms with Crippen LogP contribution in [-0.2, 0) is 19.1 Å². The Hall–Kier alpha value is -2.66. The summed E-state index contributed by atoms with van der Waals surface area (Å²) in [5.41, 5.74) is -1.98. The summed E-state index contributed by atoms with van der Waals surface area (Å²) in [5, 5.41) is 27.5. The molecule has 0 aromatic rings. The van der Waals surface area contributed by atoms with Gasteiger partial charge in [0.15, 0.2) is 0 Å². The first-order valence-corrected chi connectivity index (χ1v) is 13.1. The molecule has 3 rings (SSSR count). The predicted octanol–water partition coefficient (Wildman–Crippen LogP) is 0.795. The highest BCUT2D eigenvalue weighted by Gasteiger charge is 2.60. The lowest BCUT2D eigenvalue weighted by Crippen LogP contribution is -2.59. The van der Waals surface area contributed by atoms with Gasteiger partial charge < -0.3 is 35.8 Å². The normalized spacial score (nSPS) is 35.7. The second kappa shape index (κ2) is 11.4. The molecule has 7 atom stereocenters. The van der Waals surface area contributed by atoms with Crippen LogP contribution < -0.4 is 16.0 Å². The monoisotopic (exact) mass is 522 g/mol. The quantitative estimate of drug-likeness (QED) is 0.271. The van der Waals surface area contributed by atoms with Crippen molar-refractivity contribution in [3.05, 3.63) is 12.2 Å². The summed E-state index contributed by atoms with van der Waals surface area (Å²) < 4.78 is 5.39. The highest BCUT2D eigenvalue weighted by molar-refractivity contribution is 5.98. The number of fused-ring (bicyclic) bond motifs is 2. The first-order chi connectivity index (χ1) is 17.3. The molecule has 0 aromatic carbocycles. The van der Waals surface area contributed by atoms with Crippen LogP contribution in [-0.4, -0.2) is 81.5 Å². The van der Waals surface area contributed by atoms with Gasteiger partial charge >= 0.3 is 6.09 Å². The fourth-order valence-electron chi connectivity index (χ4n) is 5.23. The number of amides is 4. The van der Waals surface area contributed by atoms with E-state index in [-0.39, 0.29) is 30.7 Å². The van der Waals surface area contributed by atoms with Gasteiger partial charge in [0.05, 0.1) is 6.10 Å². The van der Waals surface area contributed by atoms with Crippen LogP contribution in [0.3, 0.4) is 0 Å². The van der Waals surface area contributed by atoms with E-state index in [0.717, 1.165) is 12.8 Å². The fourth-order valence-corrected chi connectivity index (χ4v) is 5.23. The highest BCUT2D eigenvalue weighted by atomic mass is 16.6. The van der Waals surface area contributed by atoms with Crippen molar-refractivity contribution in [2.24, 2.45) is 17.8 Å². The van der Waals surface area contributed by atoms with E-state index in [9.17, 15) is 29.4 Å². The van der Waals surface area contributed by atoms with E-state index >= 15 is 0 Å². The maximum absolute atomic E-state index is 13.8. The van der Waals surface area contributed by atoms with Gasteiger partial charge in [-0.3, -0.25) is 14.4 Å². The summed E-state index contributed by atoms with van der Waals surface area (Å²) in [4.78, 5) is 54.0. The van der Waals surface area contributed by atoms with Crippen molar-refractivity contribution in [3.63, 3.8) is 0 Å². The third kappa shape index (κ3) is 7.01. The van der Waals surface area contributed by atoms with Gasteiger partial charge in [-0.15, -0.1) is 0 Å². The summed E-state index contributed by atoms with van der Waals surface area (Å²) in [6.07, 6.45) is 5.00. The molecule has 0 aromatic heterocycles. The lowest BCUT2D eigenvalue weighted by atomic mass is 9.92. The molecule has 1 aliphatic carbocycles. The summed E-state index contributed by atoms with van der Waals surface area (Å²) >= 11 is 0. The number of ether oxygens (including phenoxy) is 1. The van der Waals surface area contributed by atoms with Crippen LogP contribution in [0.25, 0.3) is 0 Å². The van der Waals surface area contributed by atoms with Gasteiger partial charge in [0.25, 0.3) is 0 Å². The lowest BCUT2D eigenvalue weighted by Gasteiger charge is -2.32. The molecule has 4 amide bonds. The van der Waals surface area contributed by atoms with Gasteiger partial charge in [0.2, 0.25) is 17.7 Å². The van der Waals surface area contributed by atoms with Crippen LogP contribution in [0.5, 0.6) is 0 Å². The Kier molecular flexibility index (Phi) is 8.89. The molecule has 2 aliphatic heterocycles. The predicted molar refractivity (Wildman–Crippen MR) is 135 cm³/mol. The second-order valence-electron chi connectivity index (χ2n) is 11.7. The Bertz CT molecular complexity index is 917. The Labute approximate surface area is 218 Å². The summed E-state index contributed by atoms with van der Waals surface area (Å²) in [7, 11) is 0. The molecule has 3 aliphatic rings. The van der Waals surface area contributed by atoms with Gasteiger partial charge in [0.1, 0.15) is 30.0 Å². The number of hydrogen-bond acceptors (Lipinski definition) is 7. The molecule has 1 unspecified atom stereocenters. The second-order valence-corrected chi connectivity index (χ2v) is 11.7. The van der Waals surface area contributed by atoms with E-state index in [1.165, 1.54) is 4.90 Å². The third-order valence-electron chi connectivity index (χ3n) is 7.37. The first kappa shape index (κ1) is 28.9. The number of aliphatic hydroxyl groups is 2. The van der Waals surface area contributed by atoms with Crippen molar-refractivity contribution in [1.29, 1.82) is 0 Å². The van der Waals surface area contributed by atoms with Crippen molar-refractivity contribution in [2.45, 2.75) is 96.1 Å². The van der Waals surface area contributed by atoms with Crippen molar-refractivity contribution in [3.8, 4) is 0 Å². The smallest absolute Gasteiger partial charge is 0.408 e. The zero-order chi connectivity index (χ0) is 27.5. The van der Waals surface area contributed by atoms with Gasteiger partial charge in [-0.2, -0.15) is 0 Å². The maximum Gasteiger partial charge on any atom is 0.408 e. The van der Waals surface area contributed by atoms with E-state index < -0.39 is 59.9 Å². The minimum Gasteiger partial charge on any atom is -0.444 e. The number of carbonyl (C=O) groups excluding carboxylic acids is 4. The van der Waals surface area contributed by atoms with Gasteiger partial charge in [-0.1, -0.05) is 32.4 Å². The minimum absolute atomic E-state index is 0.0142. The number of rotatable bonds is 3. The van der Waals surface area contributed by atoms with Crippen LogP contribution >= 0.6 is 0 Å². The molecule has 0 radical (unpaired) electrons. The largest absolute Gasteiger partial charge is 0.444 e. The van der Waals surface area contributed by atoms with Crippen molar-refractivity contribution < 1.29 is 34.1 Å². The maximum atomic E-state index is 13.8. The molecule has 11 nitrogen and oxygen atoms in total. The molecular formula is C26H42N4O7. The molecule has 11 heteroatoms. The minimum atomic E-state index is -1.22. The molecule has 2 fully saturated rings. The SMILES string of the molecule is CC1/C=C\[C@@H]2C[C@@]2(C(=O)NCO)NC(=O)[C@@H]2C[C@@H](O)CN2C(=O)[C@@H](NC(=O)OC(C)(C)C)[C@H](C)CCC1. The standard InChI is InChI=1S/C26H42N4O7/c1-15-7-6-8-16(2)20(28-24(36)37-25(3,4)5)22(34)30-13-18(32)11-19(30)21(33)29-26(23(35)27-14-31)12-17(26)10-9-15/h9-10,15-20,31-32H,6-8,11-14H2,1-5H3,(H,27,35)(H,28,36)(H,29,33)/b10-9-/t15?,16-,17-,18-,19+,20+,26-/m1/s1. The third-order valence-corrected chi connectivity index (χ3v) is 7.37. The van der Waals surface area contributed by atoms with Crippen LogP contribution in [0.4, 0.5) is 4.79 Å². The Morgan fingerprint density at radius 2 is 1.92 bits per heavy atom. The number of hydrogen-bond donors (Lipinski definition) is 5. The van der Waals surface area contributed by atoms with E-state index in [1.807, 2.05) is 19.1 Å². The lowest BCUT2D eigenvalue weighted by molar-refractivity contribution is -0.142. The number of carbonyl (C=O) groups is 4. The highest BCUT2D eigenvalue weighted by Crippen LogP contribution is 2.45. The van der Waals surface area contributed by atoms with Crippen molar-refractivity contribution in [2.75, 3.05) is 13.3 Å². The zero-order valence-electron chi connectivity index (χ0n) is 22.5. The molecule has 0 spiro atoms. The molecule has 0 bridgehead atoms. The Morgan fingerprint density at radius 1 is 1.22 bits per heavy atom. The average molecular weight is 523 g/mol. The van der Waals surface area contributed by atoms with E-state index in [0.29, 0.717) is 12.8 Å². The topological polar surface area (TPSA) is 157 Å². The number of nitrogens with zero attached hydrogens (tertiary/aromatic N) is 1. The summed E-state index contributed by atoms with van der Waals surface area (Å²) in [6.45, 7) is 8.51. The first-order valence-electron chi connectivity index (χ1n) is 13.1. The molecule has 2 heterocycles. The fraction of sp³-hybridized carbons (Fsp3) is 0.769. The van der Waals surface area contributed by atoms with Crippen molar-refractivity contribution >= 4 is 23.8 Å². The van der Waals surface area contributed by atoms with Gasteiger partial charge in [-0.05, 0) is 51.9 Å². The van der Waals surface area contributed by atoms with Gasteiger partial charge in [-0.25, -0.2) is 4.79 Å². The zero-order valence-corrected chi connectivity index (χ0v) is 22.5. The van der Waals surface area contributed by atoms with E-state index in [1.54, 1.807) is 20.8 Å². The number of allylic oxidation sites excluding steroid dienone is 1. The number of nitrogens with one attached hydrogen (secondary N) is 3. The summed E-state index contributed by atoms with van der Waals surface area (Å²) in [6, 6.07) is -1.96. The number of aliphatic hydroxyl groups excluding tert-OH is 2. The van der Waals surface area contributed by atoms with E-state index in [2.05, 4.69) is 22.9 Å². The molecule has 5 N–H and O–H groups in total. The average Bonchev–Trinajstić information content (AvgIpc) is 3.35. The number of alkyl carbamates (subject to hydrolysis) is 1. The molecule has 208 valence electrons. The van der Waals surface area contributed by atoms with Crippen LogP contribution in [0.2, 0.25) is 0 Å². The molecule has 1 saturated carbocycles. The molecule has 37 heavy (non-hydrogen) atoms. The Morgan fingerprint density at radius 3 is 2.57 bits per heavy atom. The molecular weight excluding hydrogens is 480 g/mol. The van der Waals surface area contributed by atoms with Crippen molar-refractivity contribution in [1.82, 2.24) is 20.9 Å². The van der Waals surface area contributed by atoms with Crippen LogP contribution in [0.1, 0.15) is 66.7 Å². The van der Waals surface area contributed by atoms with E-state index in [4.69, 9.17) is 4.74 Å².